The Labute approximate surface area is 163 Å². The predicted molar refractivity (Wildman–Crippen MR) is 102 cm³/mol. The number of esters is 1. The highest BCUT2D eigenvalue weighted by Gasteiger charge is 2.31. The minimum absolute atomic E-state index is 0.0891. The molecule has 0 bridgehead atoms. The van der Waals surface area contributed by atoms with Crippen LogP contribution in [0.3, 0.4) is 0 Å². The number of rotatable bonds is 4. The van der Waals surface area contributed by atoms with Crippen LogP contribution in [0.2, 0.25) is 0 Å². The lowest BCUT2D eigenvalue weighted by molar-refractivity contribution is -0.274. The zero-order chi connectivity index (χ0) is 20.5. The molecule has 0 radical (unpaired) electrons. The molecule has 8 heteroatoms. The second kappa shape index (κ2) is 7.63. The summed E-state index contributed by atoms with van der Waals surface area (Å²) in [4.78, 5) is 15.8. The molecular formula is C20H16F3NO3S. The summed E-state index contributed by atoms with van der Waals surface area (Å²) in [5.41, 5.74) is 1.52. The van der Waals surface area contributed by atoms with Gasteiger partial charge in [-0.25, -0.2) is 4.79 Å². The summed E-state index contributed by atoms with van der Waals surface area (Å²) in [6, 6.07) is 12.5. The third-order valence-corrected chi connectivity index (χ3v) is 4.13. The summed E-state index contributed by atoms with van der Waals surface area (Å²) in [7, 11) is 0. The standard InChI is InChI=1S/C20H16F3NO3S/c1-11(2)26-19(25)17-14-10-13(27-20(21,22)23)8-9-15(14)24-18(28)16(17)12-6-4-3-5-7-12/h3-11H,1-2H3,(H,24,28). The van der Waals surface area contributed by atoms with Crippen molar-refractivity contribution in [1.82, 2.24) is 4.98 Å². The van der Waals surface area contributed by atoms with Crippen LogP contribution in [0, 0.1) is 4.64 Å². The van der Waals surface area contributed by atoms with E-state index in [0.717, 1.165) is 12.1 Å². The number of halogens is 3. The van der Waals surface area contributed by atoms with Gasteiger partial charge in [-0.2, -0.15) is 0 Å². The molecule has 1 N–H and O–H groups in total. The van der Waals surface area contributed by atoms with Crippen LogP contribution >= 0.6 is 12.2 Å². The number of aromatic amines is 1. The number of hydrogen-bond acceptors (Lipinski definition) is 4. The van der Waals surface area contributed by atoms with Gasteiger partial charge in [-0.05, 0) is 37.6 Å². The Morgan fingerprint density at radius 1 is 1.11 bits per heavy atom. The van der Waals surface area contributed by atoms with Gasteiger partial charge in [0.15, 0.2) is 0 Å². The van der Waals surface area contributed by atoms with Gasteiger partial charge in [-0.1, -0.05) is 42.5 Å². The van der Waals surface area contributed by atoms with Crippen LogP contribution in [0.1, 0.15) is 24.2 Å². The van der Waals surface area contributed by atoms with E-state index in [-0.39, 0.29) is 15.6 Å². The van der Waals surface area contributed by atoms with Crippen LogP contribution in [0.15, 0.2) is 48.5 Å². The van der Waals surface area contributed by atoms with Gasteiger partial charge in [0, 0.05) is 16.5 Å². The highest BCUT2D eigenvalue weighted by molar-refractivity contribution is 7.71. The summed E-state index contributed by atoms with van der Waals surface area (Å²) in [6.07, 6.45) is -5.27. The number of carbonyl (C=O) groups is 1. The first kappa shape index (κ1) is 19.9. The lowest BCUT2D eigenvalue weighted by atomic mass is 9.97. The number of hydrogen-bond donors (Lipinski definition) is 1. The number of H-pyrrole nitrogens is 1. The summed E-state index contributed by atoms with van der Waals surface area (Å²) in [5, 5.41) is 0.222. The third kappa shape index (κ3) is 4.33. The fourth-order valence-corrected chi connectivity index (χ4v) is 3.16. The molecule has 0 saturated heterocycles. The lowest BCUT2D eigenvalue weighted by Gasteiger charge is -2.16. The number of benzene rings is 2. The Kier molecular flexibility index (Phi) is 5.42. The van der Waals surface area contributed by atoms with Crippen LogP contribution < -0.4 is 4.74 Å². The van der Waals surface area contributed by atoms with Crippen molar-refractivity contribution < 1.29 is 27.4 Å². The molecule has 0 aliphatic rings. The van der Waals surface area contributed by atoms with Crippen molar-refractivity contribution in [3.8, 4) is 16.9 Å². The van der Waals surface area contributed by atoms with E-state index in [1.165, 1.54) is 6.07 Å². The smallest absolute Gasteiger partial charge is 0.459 e. The van der Waals surface area contributed by atoms with Gasteiger partial charge in [0.05, 0.1) is 11.7 Å². The molecule has 0 saturated carbocycles. The van der Waals surface area contributed by atoms with Gasteiger partial charge in [-0.15, -0.1) is 13.2 Å². The maximum absolute atomic E-state index is 12.9. The number of fused-ring (bicyclic) bond motifs is 1. The third-order valence-electron chi connectivity index (χ3n) is 3.83. The molecule has 0 atom stereocenters. The average molecular weight is 407 g/mol. The van der Waals surface area contributed by atoms with Crippen molar-refractivity contribution in [2.24, 2.45) is 0 Å². The number of aromatic nitrogens is 1. The molecule has 0 unspecified atom stereocenters. The molecule has 0 amide bonds. The van der Waals surface area contributed by atoms with Gasteiger partial charge < -0.3 is 14.5 Å². The molecule has 3 aromatic rings. The van der Waals surface area contributed by atoms with Crippen LogP contribution in [0.5, 0.6) is 5.75 Å². The molecular weight excluding hydrogens is 391 g/mol. The number of alkyl halides is 3. The molecule has 0 spiro atoms. The first-order chi connectivity index (χ1) is 13.2. The number of ether oxygens (including phenoxy) is 2. The second-order valence-electron chi connectivity index (χ2n) is 6.28. The monoisotopic (exact) mass is 407 g/mol. The van der Waals surface area contributed by atoms with Gasteiger partial charge in [-0.3, -0.25) is 0 Å². The van der Waals surface area contributed by atoms with Crippen molar-refractivity contribution in [1.29, 1.82) is 0 Å². The molecule has 2 aromatic carbocycles. The maximum atomic E-state index is 12.9. The Hall–Kier alpha value is -2.87. The zero-order valence-electron chi connectivity index (χ0n) is 15.0. The Balaban J connectivity index is 2.32. The number of carbonyl (C=O) groups excluding carboxylic acids is 1. The van der Waals surface area contributed by atoms with Crippen molar-refractivity contribution in [2.45, 2.75) is 26.3 Å². The summed E-state index contributed by atoms with van der Waals surface area (Å²) < 4.78 is 47.6. The molecule has 3 rings (SSSR count). The van der Waals surface area contributed by atoms with Gasteiger partial charge in [0.25, 0.3) is 0 Å². The van der Waals surface area contributed by atoms with E-state index in [1.807, 2.05) is 0 Å². The van der Waals surface area contributed by atoms with Crippen molar-refractivity contribution in [3.63, 3.8) is 0 Å². The normalized spacial score (nSPS) is 11.6. The molecule has 0 fully saturated rings. The highest BCUT2D eigenvalue weighted by atomic mass is 32.1. The van der Waals surface area contributed by atoms with Crippen LogP contribution in [0.4, 0.5) is 13.2 Å². The maximum Gasteiger partial charge on any atom is 0.573 e. The van der Waals surface area contributed by atoms with Crippen LogP contribution in [0.25, 0.3) is 22.0 Å². The zero-order valence-corrected chi connectivity index (χ0v) is 15.8. The quantitative estimate of drug-likeness (QED) is 0.424. The Morgan fingerprint density at radius 3 is 2.39 bits per heavy atom. The van der Waals surface area contributed by atoms with Crippen molar-refractivity contribution in [3.05, 3.63) is 58.7 Å². The van der Waals surface area contributed by atoms with Gasteiger partial charge >= 0.3 is 12.3 Å². The molecule has 4 nitrogen and oxygen atoms in total. The van der Waals surface area contributed by atoms with Crippen molar-refractivity contribution in [2.75, 3.05) is 0 Å². The van der Waals surface area contributed by atoms with Crippen LogP contribution in [-0.4, -0.2) is 23.4 Å². The summed E-state index contributed by atoms with van der Waals surface area (Å²) in [5.74, 6) is -1.12. The SMILES string of the molecule is CC(C)OC(=O)c1c(-c2ccccc2)c(=S)[nH]c2ccc(OC(F)(F)F)cc12. The molecule has 1 aromatic heterocycles. The predicted octanol–water partition coefficient (Wildman–Crippen LogP) is 6.03. The summed E-state index contributed by atoms with van der Waals surface area (Å²) in [6.45, 7) is 3.37. The first-order valence-corrected chi connectivity index (χ1v) is 8.78. The minimum Gasteiger partial charge on any atom is -0.459 e. The molecule has 0 aliphatic carbocycles. The second-order valence-corrected chi connectivity index (χ2v) is 6.69. The Bertz CT molecular complexity index is 1080. The summed E-state index contributed by atoms with van der Waals surface area (Å²) >= 11 is 5.43. The van der Waals surface area contributed by atoms with E-state index in [9.17, 15) is 18.0 Å². The van der Waals surface area contributed by atoms with Crippen molar-refractivity contribution >= 4 is 29.1 Å². The molecule has 0 aliphatic heterocycles. The first-order valence-electron chi connectivity index (χ1n) is 8.38. The van der Waals surface area contributed by atoms with E-state index in [4.69, 9.17) is 17.0 Å². The highest BCUT2D eigenvalue weighted by Crippen LogP contribution is 2.34. The molecule has 146 valence electrons. The topological polar surface area (TPSA) is 51.3 Å². The number of pyridine rings is 1. The van der Waals surface area contributed by atoms with Gasteiger partial charge in [0.1, 0.15) is 10.4 Å². The molecule has 1 heterocycles. The van der Waals surface area contributed by atoms with E-state index >= 15 is 0 Å². The van der Waals surface area contributed by atoms with Crippen LogP contribution in [-0.2, 0) is 4.74 Å². The number of nitrogens with one attached hydrogen (secondary N) is 1. The van der Waals surface area contributed by atoms with E-state index in [1.54, 1.807) is 44.2 Å². The van der Waals surface area contributed by atoms with Gasteiger partial charge in [0.2, 0.25) is 0 Å². The fraction of sp³-hybridized carbons (Fsp3) is 0.200. The largest absolute Gasteiger partial charge is 0.573 e. The lowest BCUT2D eigenvalue weighted by Crippen LogP contribution is -2.17. The van der Waals surface area contributed by atoms with E-state index in [0.29, 0.717) is 16.6 Å². The minimum atomic E-state index is -4.85. The molecule has 28 heavy (non-hydrogen) atoms. The van der Waals surface area contributed by atoms with E-state index < -0.39 is 24.2 Å². The Morgan fingerprint density at radius 2 is 1.79 bits per heavy atom. The van der Waals surface area contributed by atoms with E-state index in [2.05, 4.69) is 9.72 Å². The average Bonchev–Trinajstić information content (AvgIpc) is 2.59. The fourth-order valence-electron chi connectivity index (χ4n) is 2.83.